The summed E-state index contributed by atoms with van der Waals surface area (Å²) in [7, 11) is 0. The van der Waals surface area contributed by atoms with Crippen molar-refractivity contribution in [3.8, 4) is 0 Å². The number of benzene rings is 2. The molecule has 0 unspecified atom stereocenters. The lowest BCUT2D eigenvalue weighted by Gasteiger charge is -2.32. The Kier molecular flexibility index (Phi) is 5.11. The lowest BCUT2D eigenvalue weighted by Crippen LogP contribution is -2.39. The highest BCUT2D eigenvalue weighted by Gasteiger charge is 2.23. The molecular formula is C22H22BrNO2. The number of piperidine rings is 1. The van der Waals surface area contributed by atoms with Crippen LogP contribution in [0.5, 0.6) is 0 Å². The maximum atomic E-state index is 12.7. The number of furan rings is 1. The molecule has 3 aromatic rings. The van der Waals surface area contributed by atoms with Gasteiger partial charge in [-0.2, -0.15) is 0 Å². The topological polar surface area (TPSA) is 33.5 Å². The molecule has 1 aliphatic heterocycles. The summed E-state index contributed by atoms with van der Waals surface area (Å²) < 4.78 is 6.59. The predicted molar refractivity (Wildman–Crippen MR) is 107 cm³/mol. The van der Waals surface area contributed by atoms with Gasteiger partial charge in [0.15, 0.2) is 0 Å². The molecule has 3 nitrogen and oxygen atoms in total. The number of rotatable bonds is 4. The van der Waals surface area contributed by atoms with Gasteiger partial charge < -0.3 is 9.32 Å². The van der Waals surface area contributed by atoms with Crippen LogP contribution in [0.15, 0.2) is 63.7 Å². The average molecular weight is 412 g/mol. The molecule has 134 valence electrons. The van der Waals surface area contributed by atoms with Gasteiger partial charge in [0.05, 0.1) is 12.7 Å². The van der Waals surface area contributed by atoms with Crippen molar-refractivity contribution in [3.05, 3.63) is 70.4 Å². The second kappa shape index (κ2) is 7.67. The number of carbonyl (C=O) groups excluding carboxylic acids is 1. The Labute approximate surface area is 162 Å². The highest BCUT2D eigenvalue weighted by molar-refractivity contribution is 9.10. The second-order valence-corrected chi connectivity index (χ2v) is 8.01. The molecule has 0 N–H and O–H groups in total. The normalized spacial score (nSPS) is 15.5. The number of carbonyl (C=O) groups is 1. The van der Waals surface area contributed by atoms with E-state index in [9.17, 15) is 4.79 Å². The third-order valence-corrected chi connectivity index (χ3v) is 5.79. The van der Waals surface area contributed by atoms with Crippen LogP contribution in [0.25, 0.3) is 11.0 Å². The van der Waals surface area contributed by atoms with Crippen molar-refractivity contribution in [1.82, 2.24) is 4.90 Å². The van der Waals surface area contributed by atoms with Crippen molar-refractivity contribution in [2.45, 2.75) is 25.7 Å². The molecule has 0 aliphatic carbocycles. The Morgan fingerprint density at radius 2 is 1.88 bits per heavy atom. The van der Waals surface area contributed by atoms with E-state index in [0.717, 1.165) is 53.4 Å². The summed E-state index contributed by atoms with van der Waals surface area (Å²) in [6, 6.07) is 16.6. The molecule has 0 spiro atoms. The monoisotopic (exact) mass is 411 g/mol. The highest BCUT2D eigenvalue weighted by Crippen LogP contribution is 2.27. The van der Waals surface area contributed by atoms with Gasteiger partial charge in [0.2, 0.25) is 5.91 Å². The van der Waals surface area contributed by atoms with Crippen molar-refractivity contribution >= 4 is 32.8 Å². The van der Waals surface area contributed by atoms with Gasteiger partial charge in [-0.15, -0.1) is 0 Å². The van der Waals surface area contributed by atoms with Crippen molar-refractivity contribution < 1.29 is 9.21 Å². The van der Waals surface area contributed by atoms with E-state index in [2.05, 4.69) is 46.3 Å². The van der Waals surface area contributed by atoms with E-state index in [1.807, 2.05) is 23.1 Å². The van der Waals surface area contributed by atoms with Crippen LogP contribution in [0.3, 0.4) is 0 Å². The highest BCUT2D eigenvalue weighted by atomic mass is 79.9. The summed E-state index contributed by atoms with van der Waals surface area (Å²) in [6.45, 7) is 1.71. The number of halogens is 1. The smallest absolute Gasteiger partial charge is 0.227 e. The third kappa shape index (κ3) is 3.85. The van der Waals surface area contributed by atoms with E-state index in [4.69, 9.17) is 4.42 Å². The average Bonchev–Trinajstić information content (AvgIpc) is 3.05. The first-order valence-corrected chi connectivity index (χ1v) is 9.95. The summed E-state index contributed by atoms with van der Waals surface area (Å²) in [5.41, 5.74) is 3.20. The fourth-order valence-corrected chi connectivity index (χ4v) is 4.16. The van der Waals surface area contributed by atoms with Crippen molar-refractivity contribution in [1.29, 1.82) is 0 Å². The Morgan fingerprint density at radius 3 is 2.65 bits per heavy atom. The van der Waals surface area contributed by atoms with E-state index in [1.54, 1.807) is 6.26 Å². The number of amides is 1. The van der Waals surface area contributed by atoms with Crippen molar-refractivity contribution in [2.24, 2.45) is 5.92 Å². The van der Waals surface area contributed by atoms with Gasteiger partial charge in [-0.1, -0.05) is 46.3 Å². The zero-order valence-electron chi connectivity index (χ0n) is 14.7. The van der Waals surface area contributed by atoms with Crippen LogP contribution in [-0.2, 0) is 17.6 Å². The van der Waals surface area contributed by atoms with Crippen molar-refractivity contribution in [2.75, 3.05) is 13.1 Å². The number of hydrogen-bond donors (Lipinski definition) is 0. The molecule has 4 heteroatoms. The van der Waals surface area contributed by atoms with E-state index in [0.29, 0.717) is 12.3 Å². The summed E-state index contributed by atoms with van der Waals surface area (Å²) in [5.74, 6) is 0.873. The molecule has 2 aromatic carbocycles. The van der Waals surface area contributed by atoms with Crippen LogP contribution < -0.4 is 0 Å². The first kappa shape index (κ1) is 17.3. The lowest BCUT2D eigenvalue weighted by molar-refractivity contribution is -0.131. The molecule has 0 bridgehead atoms. The van der Waals surface area contributed by atoms with Gasteiger partial charge in [-0.3, -0.25) is 4.79 Å². The van der Waals surface area contributed by atoms with Crippen molar-refractivity contribution in [3.63, 3.8) is 0 Å². The van der Waals surface area contributed by atoms with Gasteiger partial charge in [-0.05, 0) is 48.9 Å². The Balaban J connectivity index is 1.35. The number of likely N-dealkylation sites (tertiary alicyclic amines) is 1. The fourth-order valence-electron chi connectivity index (χ4n) is 3.80. The minimum Gasteiger partial charge on any atom is -0.464 e. The Hall–Kier alpha value is -2.07. The van der Waals surface area contributed by atoms with Gasteiger partial charge in [-0.25, -0.2) is 0 Å². The largest absolute Gasteiger partial charge is 0.464 e. The van der Waals surface area contributed by atoms with Crippen LogP contribution in [0, 0.1) is 5.92 Å². The van der Waals surface area contributed by atoms with Gasteiger partial charge >= 0.3 is 0 Å². The standard InChI is InChI=1S/C22H22BrNO2/c23-19-6-7-21-20(14-19)18(15-26-21)13-22(25)24-10-8-17(9-11-24)12-16-4-2-1-3-5-16/h1-7,14-15,17H,8-13H2. The van der Waals surface area contributed by atoms with E-state index in [1.165, 1.54) is 5.56 Å². The van der Waals surface area contributed by atoms with Crippen LogP contribution >= 0.6 is 15.9 Å². The molecule has 2 heterocycles. The van der Waals surface area contributed by atoms with Crippen LogP contribution in [0.4, 0.5) is 0 Å². The van der Waals surface area contributed by atoms with E-state index in [-0.39, 0.29) is 5.91 Å². The minimum absolute atomic E-state index is 0.200. The predicted octanol–water partition coefficient (Wildman–Crippen LogP) is 5.22. The zero-order valence-corrected chi connectivity index (χ0v) is 16.2. The fraction of sp³-hybridized carbons (Fsp3) is 0.318. The molecule has 26 heavy (non-hydrogen) atoms. The number of hydrogen-bond acceptors (Lipinski definition) is 2. The van der Waals surface area contributed by atoms with E-state index >= 15 is 0 Å². The Morgan fingerprint density at radius 1 is 1.12 bits per heavy atom. The Bertz CT molecular complexity index is 895. The SMILES string of the molecule is O=C(Cc1coc2ccc(Br)cc12)N1CCC(Cc2ccccc2)CC1. The molecule has 4 rings (SSSR count). The van der Waals surface area contributed by atoms with Crippen LogP contribution in [0.2, 0.25) is 0 Å². The molecule has 0 atom stereocenters. The van der Waals surface area contributed by atoms with Crippen LogP contribution in [0.1, 0.15) is 24.0 Å². The molecule has 0 saturated carbocycles. The van der Waals surface area contributed by atoms with E-state index < -0.39 is 0 Å². The molecule has 1 aromatic heterocycles. The first-order chi connectivity index (χ1) is 12.7. The first-order valence-electron chi connectivity index (χ1n) is 9.16. The third-order valence-electron chi connectivity index (χ3n) is 5.29. The summed E-state index contributed by atoms with van der Waals surface area (Å²) in [5, 5.41) is 1.02. The van der Waals surface area contributed by atoms with Gasteiger partial charge in [0.25, 0.3) is 0 Å². The summed E-state index contributed by atoms with van der Waals surface area (Å²) in [6.07, 6.45) is 5.41. The van der Waals surface area contributed by atoms with Gasteiger partial charge in [0, 0.05) is 28.5 Å². The quantitative estimate of drug-likeness (QED) is 0.589. The molecular weight excluding hydrogens is 390 g/mol. The minimum atomic E-state index is 0.200. The number of nitrogens with zero attached hydrogens (tertiary/aromatic N) is 1. The maximum absolute atomic E-state index is 12.7. The molecule has 1 fully saturated rings. The summed E-state index contributed by atoms with van der Waals surface area (Å²) >= 11 is 3.49. The molecule has 0 radical (unpaired) electrons. The molecule has 1 aliphatic rings. The summed E-state index contributed by atoms with van der Waals surface area (Å²) in [4.78, 5) is 14.7. The van der Waals surface area contributed by atoms with Gasteiger partial charge in [0.1, 0.15) is 5.58 Å². The molecule has 1 amide bonds. The molecule has 1 saturated heterocycles. The number of fused-ring (bicyclic) bond motifs is 1. The second-order valence-electron chi connectivity index (χ2n) is 7.09. The van der Waals surface area contributed by atoms with Crippen LogP contribution in [-0.4, -0.2) is 23.9 Å². The lowest BCUT2D eigenvalue weighted by atomic mass is 9.90. The maximum Gasteiger partial charge on any atom is 0.227 e. The zero-order chi connectivity index (χ0) is 17.9.